The number of amides is 1. The smallest absolute Gasteiger partial charge is 0.297 e. The third-order valence-electron chi connectivity index (χ3n) is 4.55. The van der Waals surface area contributed by atoms with Gasteiger partial charge in [-0.15, -0.1) is 0 Å². The van der Waals surface area contributed by atoms with Crippen LogP contribution in [-0.2, 0) is 19.1 Å². The van der Waals surface area contributed by atoms with Crippen LogP contribution in [0, 0.1) is 6.92 Å². The van der Waals surface area contributed by atoms with Gasteiger partial charge in [-0.3, -0.25) is 8.98 Å². The molecule has 6 heteroatoms. The molecule has 1 aliphatic rings. The summed E-state index contributed by atoms with van der Waals surface area (Å²) < 4.78 is 30.6. The maximum Gasteiger partial charge on any atom is 0.297 e. The lowest BCUT2D eigenvalue weighted by atomic mass is 9.78. The van der Waals surface area contributed by atoms with Crippen LogP contribution in [0.4, 0.5) is 0 Å². The van der Waals surface area contributed by atoms with Gasteiger partial charge in [-0.2, -0.15) is 8.42 Å². The van der Waals surface area contributed by atoms with E-state index in [0.717, 1.165) is 5.56 Å². The Morgan fingerprint density at radius 2 is 1.54 bits per heavy atom. The van der Waals surface area contributed by atoms with Gasteiger partial charge in [0, 0.05) is 18.0 Å². The van der Waals surface area contributed by atoms with Crippen molar-refractivity contribution >= 4 is 16.0 Å². The van der Waals surface area contributed by atoms with Gasteiger partial charge < -0.3 is 4.90 Å². The maximum absolute atomic E-state index is 12.5. The molecule has 0 aromatic heterocycles. The van der Waals surface area contributed by atoms with Gasteiger partial charge in [-0.25, -0.2) is 0 Å². The molecular formula is C18H27NO4S. The number of likely N-dealkylation sites (tertiary alicyclic amines) is 1. The Balaban J connectivity index is 2.25. The first kappa shape index (κ1) is 18.9. The van der Waals surface area contributed by atoms with Gasteiger partial charge in [0.05, 0.1) is 11.0 Å². The molecule has 0 radical (unpaired) electrons. The Bertz CT molecular complexity index is 702. The highest BCUT2D eigenvalue weighted by Gasteiger charge is 2.48. The average molecular weight is 353 g/mol. The second-order valence-electron chi connectivity index (χ2n) is 7.87. The molecule has 2 rings (SSSR count). The zero-order chi connectivity index (χ0) is 18.3. The number of piperidine rings is 1. The van der Waals surface area contributed by atoms with E-state index in [4.69, 9.17) is 4.18 Å². The molecule has 1 saturated heterocycles. The largest absolute Gasteiger partial charge is 0.333 e. The van der Waals surface area contributed by atoms with Gasteiger partial charge >= 0.3 is 0 Å². The molecule has 0 saturated carbocycles. The highest BCUT2D eigenvalue weighted by molar-refractivity contribution is 7.86. The topological polar surface area (TPSA) is 63.7 Å². The normalized spacial score (nSPS) is 20.8. The number of benzene rings is 1. The molecule has 1 aromatic carbocycles. The van der Waals surface area contributed by atoms with E-state index in [-0.39, 0.29) is 10.8 Å². The van der Waals surface area contributed by atoms with E-state index in [1.807, 2.05) is 39.5 Å². The first-order valence-corrected chi connectivity index (χ1v) is 9.57. The van der Waals surface area contributed by atoms with Gasteiger partial charge in [0.2, 0.25) is 5.91 Å². The quantitative estimate of drug-likeness (QED) is 0.783. The molecule has 1 aromatic rings. The molecule has 1 heterocycles. The number of carbonyl (C=O) groups is 1. The van der Waals surface area contributed by atoms with Crippen LogP contribution in [0.25, 0.3) is 0 Å². The second kappa shape index (κ2) is 6.15. The van der Waals surface area contributed by atoms with Gasteiger partial charge in [-0.1, -0.05) is 17.7 Å². The number of rotatable bonds is 3. The molecule has 1 aliphatic heterocycles. The van der Waals surface area contributed by atoms with E-state index in [2.05, 4.69) is 0 Å². The van der Waals surface area contributed by atoms with E-state index in [1.165, 1.54) is 0 Å². The molecule has 134 valence electrons. The summed E-state index contributed by atoms with van der Waals surface area (Å²) in [5, 5.41) is 0. The first-order chi connectivity index (χ1) is 10.8. The molecule has 0 aliphatic carbocycles. The minimum Gasteiger partial charge on any atom is -0.333 e. The second-order valence-corrected chi connectivity index (χ2v) is 9.45. The third-order valence-corrected chi connectivity index (χ3v) is 5.93. The predicted octanol–water partition coefficient (Wildman–Crippen LogP) is 3.27. The summed E-state index contributed by atoms with van der Waals surface area (Å²) in [5.74, 6) is -0.00941. The van der Waals surface area contributed by atoms with Gasteiger partial charge in [0.25, 0.3) is 10.1 Å². The minimum atomic E-state index is -3.82. The maximum atomic E-state index is 12.5. The van der Waals surface area contributed by atoms with Gasteiger partial charge in [-0.05, 0) is 59.6 Å². The van der Waals surface area contributed by atoms with Crippen molar-refractivity contribution in [1.29, 1.82) is 0 Å². The molecule has 1 fully saturated rings. The van der Waals surface area contributed by atoms with Crippen molar-refractivity contribution in [2.75, 3.05) is 0 Å². The number of nitrogens with zero attached hydrogens (tertiary/aromatic N) is 1. The number of hydrogen-bond donors (Lipinski definition) is 0. The van der Waals surface area contributed by atoms with Gasteiger partial charge in [0.1, 0.15) is 0 Å². The van der Waals surface area contributed by atoms with Crippen LogP contribution in [0.3, 0.4) is 0 Å². The number of carbonyl (C=O) groups excluding carboxylic acids is 1. The van der Waals surface area contributed by atoms with Crippen LogP contribution in [-0.4, -0.2) is 36.4 Å². The zero-order valence-electron chi connectivity index (χ0n) is 15.3. The number of aryl methyl sites for hydroxylation is 1. The van der Waals surface area contributed by atoms with Crippen LogP contribution in [0.5, 0.6) is 0 Å². The standard InChI is InChI=1S/C18H27NO4S/c1-13-7-9-16(10-8-13)24(21,22)23-15-11-17(3,4)19(14(2)20)18(5,6)12-15/h7-10,15H,11-12H2,1-6H3. The van der Waals surface area contributed by atoms with Crippen molar-refractivity contribution in [1.82, 2.24) is 4.90 Å². The fourth-order valence-corrected chi connectivity index (χ4v) is 5.12. The molecular weight excluding hydrogens is 326 g/mol. The number of hydrogen-bond acceptors (Lipinski definition) is 4. The van der Waals surface area contributed by atoms with E-state index < -0.39 is 27.3 Å². The summed E-state index contributed by atoms with van der Waals surface area (Å²) in [6, 6.07) is 6.63. The van der Waals surface area contributed by atoms with Crippen LogP contribution in [0.1, 0.15) is 53.0 Å². The van der Waals surface area contributed by atoms with E-state index >= 15 is 0 Å². The van der Waals surface area contributed by atoms with E-state index in [1.54, 1.807) is 31.2 Å². The molecule has 5 nitrogen and oxygen atoms in total. The molecule has 0 unspecified atom stereocenters. The molecule has 0 bridgehead atoms. The fraction of sp³-hybridized carbons (Fsp3) is 0.611. The monoisotopic (exact) mass is 353 g/mol. The SMILES string of the molecule is CC(=O)N1C(C)(C)CC(OS(=O)(=O)c2ccc(C)cc2)CC1(C)C. The Morgan fingerprint density at radius 1 is 1.08 bits per heavy atom. The van der Waals surface area contributed by atoms with Gasteiger partial charge in [0.15, 0.2) is 0 Å². The summed E-state index contributed by atoms with van der Waals surface area (Å²) in [6.07, 6.45) is 0.485. The molecule has 0 atom stereocenters. The van der Waals surface area contributed by atoms with Crippen LogP contribution in [0.15, 0.2) is 29.2 Å². The minimum absolute atomic E-state index is 0.00941. The predicted molar refractivity (Wildman–Crippen MR) is 93.1 cm³/mol. The Labute approximate surface area is 145 Å². The van der Waals surface area contributed by atoms with Crippen LogP contribution in [0.2, 0.25) is 0 Å². The summed E-state index contributed by atoms with van der Waals surface area (Å²) >= 11 is 0. The average Bonchev–Trinajstić information content (AvgIpc) is 2.34. The highest BCUT2D eigenvalue weighted by atomic mass is 32.2. The summed E-state index contributed by atoms with van der Waals surface area (Å²) in [6.45, 7) is 11.2. The first-order valence-electron chi connectivity index (χ1n) is 8.16. The third kappa shape index (κ3) is 3.81. The Morgan fingerprint density at radius 3 is 1.96 bits per heavy atom. The highest BCUT2D eigenvalue weighted by Crippen LogP contribution is 2.40. The van der Waals surface area contributed by atoms with Crippen molar-refractivity contribution in [3.05, 3.63) is 29.8 Å². The van der Waals surface area contributed by atoms with Crippen LogP contribution >= 0.6 is 0 Å². The summed E-state index contributed by atoms with van der Waals surface area (Å²) in [7, 11) is -3.82. The van der Waals surface area contributed by atoms with Crippen molar-refractivity contribution in [2.45, 2.75) is 76.5 Å². The molecule has 0 N–H and O–H groups in total. The lowest BCUT2D eigenvalue weighted by Gasteiger charge is -2.54. The zero-order valence-corrected chi connectivity index (χ0v) is 16.1. The van der Waals surface area contributed by atoms with Crippen molar-refractivity contribution in [2.24, 2.45) is 0 Å². The molecule has 0 spiro atoms. The van der Waals surface area contributed by atoms with Crippen molar-refractivity contribution in [3.63, 3.8) is 0 Å². The summed E-state index contributed by atoms with van der Waals surface area (Å²) in [5.41, 5.74) is 0.0493. The van der Waals surface area contributed by atoms with Crippen molar-refractivity contribution in [3.8, 4) is 0 Å². The molecule has 1 amide bonds. The fourth-order valence-electron chi connectivity index (χ4n) is 4.05. The lowest BCUT2D eigenvalue weighted by molar-refractivity contribution is -0.151. The summed E-state index contributed by atoms with van der Waals surface area (Å²) in [4.78, 5) is 14.0. The molecule has 24 heavy (non-hydrogen) atoms. The van der Waals surface area contributed by atoms with E-state index in [9.17, 15) is 13.2 Å². The Hall–Kier alpha value is -1.40. The lowest BCUT2D eigenvalue weighted by Crippen LogP contribution is -2.63. The van der Waals surface area contributed by atoms with E-state index in [0.29, 0.717) is 12.8 Å². The van der Waals surface area contributed by atoms with Crippen molar-refractivity contribution < 1.29 is 17.4 Å². The van der Waals surface area contributed by atoms with Crippen LogP contribution < -0.4 is 0 Å². The Kier molecular flexibility index (Phi) is 4.85.